The Morgan fingerprint density at radius 3 is 1.57 bits per heavy atom. The van der Waals surface area contributed by atoms with Crippen LogP contribution in [0, 0.1) is 11.3 Å². The molecule has 0 saturated carbocycles. The molecule has 0 saturated heterocycles. The van der Waals surface area contributed by atoms with Crippen molar-refractivity contribution in [2.75, 3.05) is 0 Å². The van der Waals surface area contributed by atoms with Crippen LogP contribution in [-0.4, -0.2) is 11.2 Å². The van der Waals surface area contributed by atoms with Crippen molar-refractivity contribution in [3.63, 3.8) is 0 Å². The molecule has 0 rings (SSSR count). The lowest BCUT2D eigenvalue weighted by Crippen LogP contribution is -1.97. The van der Waals surface area contributed by atoms with E-state index in [0.29, 0.717) is 5.92 Å². The van der Waals surface area contributed by atoms with Crippen molar-refractivity contribution >= 4 is 5.71 Å². The summed E-state index contributed by atoms with van der Waals surface area (Å²) < 4.78 is 0. The zero-order valence-electron chi connectivity index (χ0n) is 5.08. The monoisotopic (exact) mass is 103 g/mol. The first-order valence-corrected chi connectivity index (χ1v) is 2.19. The summed E-state index contributed by atoms with van der Waals surface area (Å²) in [4.78, 5) is 0. The number of hydrogen-bond acceptors (Lipinski definition) is 1. The van der Waals surface area contributed by atoms with Gasteiger partial charge in [-0.05, 0) is 12.8 Å². The van der Waals surface area contributed by atoms with Gasteiger partial charge in [-0.3, -0.25) is 0 Å². The Morgan fingerprint density at radius 2 is 1.57 bits per heavy atom. The second-order valence-electron chi connectivity index (χ2n) is 1.84. The Balaban J connectivity index is 0. The Bertz CT molecular complexity index is 59.1. The Hall–Kier alpha value is -0.370. The zero-order chi connectivity index (χ0) is 5.15. The first kappa shape index (κ1) is 9.80. The van der Waals surface area contributed by atoms with Crippen molar-refractivity contribution in [2.45, 2.75) is 20.8 Å². The van der Waals surface area contributed by atoms with Crippen molar-refractivity contribution in [2.24, 2.45) is 5.92 Å². The lowest BCUT2D eigenvalue weighted by molar-refractivity contribution is 0.824. The lowest BCUT2D eigenvalue weighted by Gasteiger charge is -1.95. The van der Waals surface area contributed by atoms with E-state index in [4.69, 9.17) is 5.41 Å². The van der Waals surface area contributed by atoms with Crippen molar-refractivity contribution in [3.05, 3.63) is 0 Å². The summed E-state index contributed by atoms with van der Waals surface area (Å²) in [5.41, 5.74) is 0.759. The fraction of sp³-hybridized carbons (Fsp3) is 0.800. The van der Waals surface area contributed by atoms with Gasteiger partial charge in [0, 0.05) is 5.71 Å². The van der Waals surface area contributed by atoms with Crippen LogP contribution in [0.5, 0.6) is 0 Å². The minimum Gasteiger partial charge on any atom is -0.412 e. The fourth-order valence-electron chi connectivity index (χ4n) is 0. The highest BCUT2D eigenvalue weighted by Gasteiger charge is 1.90. The Morgan fingerprint density at radius 1 is 1.43 bits per heavy atom. The molecule has 2 heteroatoms. The van der Waals surface area contributed by atoms with Gasteiger partial charge in [-0.1, -0.05) is 13.8 Å². The molecule has 0 atom stereocenters. The van der Waals surface area contributed by atoms with Crippen molar-refractivity contribution in [1.82, 2.24) is 0 Å². The molecule has 0 aromatic heterocycles. The standard InChI is InChI=1S/C5H11N.H2O/c1-4(2)5(3)6;/h4,6H,1-3H3;1H2. The molecular formula is C5H13NO. The first-order chi connectivity index (χ1) is 2.64. The van der Waals surface area contributed by atoms with Crippen LogP contribution >= 0.6 is 0 Å². The Kier molecular flexibility index (Phi) is 5.33. The highest BCUT2D eigenvalue weighted by Crippen LogP contribution is 1.90. The molecule has 3 N–H and O–H groups in total. The smallest absolute Gasteiger partial charge is 0.00836 e. The molecule has 0 aromatic carbocycles. The summed E-state index contributed by atoms with van der Waals surface area (Å²) in [6, 6.07) is 0. The van der Waals surface area contributed by atoms with Gasteiger partial charge in [0.15, 0.2) is 0 Å². The first-order valence-electron chi connectivity index (χ1n) is 2.19. The van der Waals surface area contributed by atoms with Gasteiger partial charge in [-0.2, -0.15) is 0 Å². The minimum absolute atomic E-state index is 0. The van der Waals surface area contributed by atoms with Crippen LogP contribution in [0.25, 0.3) is 0 Å². The summed E-state index contributed by atoms with van der Waals surface area (Å²) in [7, 11) is 0. The third-order valence-electron chi connectivity index (χ3n) is 0.866. The van der Waals surface area contributed by atoms with Crippen LogP contribution < -0.4 is 0 Å². The molecule has 0 radical (unpaired) electrons. The minimum atomic E-state index is 0. The average Bonchev–Trinajstić information content (AvgIpc) is 1.36. The maximum Gasteiger partial charge on any atom is 0.00836 e. The quantitative estimate of drug-likeness (QED) is 0.478. The zero-order valence-corrected chi connectivity index (χ0v) is 5.08. The van der Waals surface area contributed by atoms with E-state index in [1.165, 1.54) is 0 Å². The van der Waals surface area contributed by atoms with Gasteiger partial charge in [0.25, 0.3) is 0 Å². The van der Waals surface area contributed by atoms with Crippen molar-refractivity contribution in [3.8, 4) is 0 Å². The number of nitrogens with one attached hydrogen (secondary N) is 1. The van der Waals surface area contributed by atoms with Crippen LogP contribution in [0.3, 0.4) is 0 Å². The van der Waals surface area contributed by atoms with E-state index in [2.05, 4.69) is 0 Å². The van der Waals surface area contributed by atoms with Gasteiger partial charge in [-0.15, -0.1) is 0 Å². The van der Waals surface area contributed by atoms with Crippen LogP contribution in [0.15, 0.2) is 0 Å². The summed E-state index contributed by atoms with van der Waals surface area (Å²) in [5.74, 6) is 0.435. The van der Waals surface area contributed by atoms with E-state index in [0.717, 1.165) is 5.71 Å². The van der Waals surface area contributed by atoms with Crippen LogP contribution in [0.4, 0.5) is 0 Å². The van der Waals surface area contributed by atoms with E-state index in [-0.39, 0.29) is 5.48 Å². The normalized spacial score (nSPS) is 8.00. The van der Waals surface area contributed by atoms with Gasteiger partial charge < -0.3 is 10.9 Å². The van der Waals surface area contributed by atoms with Crippen LogP contribution in [0.1, 0.15) is 20.8 Å². The maximum absolute atomic E-state index is 6.95. The van der Waals surface area contributed by atoms with Gasteiger partial charge in [-0.25, -0.2) is 0 Å². The molecule has 0 aliphatic heterocycles. The third-order valence-corrected chi connectivity index (χ3v) is 0.866. The van der Waals surface area contributed by atoms with Crippen molar-refractivity contribution < 1.29 is 5.48 Å². The molecule has 0 aromatic rings. The summed E-state index contributed by atoms with van der Waals surface area (Å²) in [5, 5.41) is 6.95. The molecule has 44 valence electrons. The van der Waals surface area contributed by atoms with Gasteiger partial charge in [0.05, 0.1) is 0 Å². The molecule has 0 heterocycles. The molecule has 0 amide bonds. The fourth-order valence-corrected chi connectivity index (χ4v) is 0. The molecule has 0 unspecified atom stereocenters. The largest absolute Gasteiger partial charge is 0.412 e. The van der Waals surface area contributed by atoms with E-state index < -0.39 is 0 Å². The predicted molar refractivity (Wildman–Crippen MR) is 31.9 cm³/mol. The second kappa shape index (κ2) is 3.81. The maximum atomic E-state index is 6.95. The molecule has 0 bridgehead atoms. The molecule has 0 spiro atoms. The third kappa shape index (κ3) is 5.63. The Labute approximate surface area is 44.4 Å². The van der Waals surface area contributed by atoms with Gasteiger partial charge >= 0.3 is 0 Å². The molecule has 2 nitrogen and oxygen atoms in total. The molecular weight excluding hydrogens is 90.1 g/mol. The topological polar surface area (TPSA) is 55.4 Å². The number of rotatable bonds is 1. The molecule has 0 aliphatic carbocycles. The molecule has 7 heavy (non-hydrogen) atoms. The number of hydrogen-bond donors (Lipinski definition) is 1. The predicted octanol–water partition coefficient (Wildman–Crippen LogP) is 0.857. The average molecular weight is 103 g/mol. The highest BCUT2D eigenvalue weighted by molar-refractivity contribution is 5.80. The van der Waals surface area contributed by atoms with E-state index in [1.807, 2.05) is 20.8 Å². The van der Waals surface area contributed by atoms with Gasteiger partial charge in [0.2, 0.25) is 0 Å². The summed E-state index contributed by atoms with van der Waals surface area (Å²) in [6.45, 7) is 5.86. The van der Waals surface area contributed by atoms with E-state index in [9.17, 15) is 0 Å². The highest BCUT2D eigenvalue weighted by atomic mass is 16.0. The van der Waals surface area contributed by atoms with E-state index >= 15 is 0 Å². The lowest BCUT2D eigenvalue weighted by atomic mass is 10.1. The summed E-state index contributed by atoms with van der Waals surface area (Å²) in [6.07, 6.45) is 0. The van der Waals surface area contributed by atoms with E-state index in [1.54, 1.807) is 0 Å². The summed E-state index contributed by atoms with van der Waals surface area (Å²) >= 11 is 0. The van der Waals surface area contributed by atoms with Crippen molar-refractivity contribution in [1.29, 1.82) is 5.41 Å². The second-order valence-corrected chi connectivity index (χ2v) is 1.84. The SMILES string of the molecule is CC(=N)C(C)C.O. The van der Waals surface area contributed by atoms with Crippen LogP contribution in [0.2, 0.25) is 0 Å². The van der Waals surface area contributed by atoms with Gasteiger partial charge in [0.1, 0.15) is 0 Å². The van der Waals surface area contributed by atoms with Crippen LogP contribution in [-0.2, 0) is 0 Å². The molecule has 0 aliphatic rings. The molecule has 0 fully saturated rings.